The monoisotopic (exact) mass is 292 g/mol. The van der Waals surface area contributed by atoms with E-state index in [1.54, 1.807) is 36.4 Å². The van der Waals surface area contributed by atoms with Crippen molar-refractivity contribution in [2.45, 2.75) is 10.9 Å². The van der Waals surface area contributed by atoms with Crippen molar-refractivity contribution in [3.05, 3.63) is 60.2 Å². The highest BCUT2D eigenvalue weighted by Crippen LogP contribution is 2.20. The standard InChI is InChI=1S/C14H16N2O3S/c15-12-8-4-5-9-14(12)20(18,19)16-13(10-17)11-6-2-1-3-7-11/h1-9,13,16-17H,10,15H2/t13-/m0/s1. The summed E-state index contributed by atoms with van der Waals surface area (Å²) in [5.74, 6) is 0. The topological polar surface area (TPSA) is 92.4 Å². The van der Waals surface area contributed by atoms with E-state index in [0.29, 0.717) is 5.56 Å². The van der Waals surface area contributed by atoms with Gasteiger partial charge in [0.25, 0.3) is 0 Å². The molecular weight excluding hydrogens is 276 g/mol. The van der Waals surface area contributed by atoms with E-state index in [1.807, 2.05) is 6.07 Å². The maximum atomic E-state index is 12.3. The summed E-state index contributed by atoms with van der Waals surface area (Å²) in [7, 11) is -3.79. The van der Waals surface area contributed by atoms with Gasteiger partial charge < -0.3 is 10.8 Å². The van der Waals surface area contributed by atoms with Crippen molar-refractivity contribution in [2.75, 3.05) is 12.3 Å². The second-order valence-electron chi connectivity index (χ2n) is 4.30. The Kier molecular flexibility index (Phi) is 4.39. The van der Waals surface area contributed by atoms with Crippen LogP contribution in [0.3, 0.4) is 0 Å². The van der Waals surface area contributed by atoms with Gasteiger partial charge >= 0.3 is 0 Å². The number of nitrogens with two attached hydrogens (primary N) is 1. The molecule has 0 saturated heterocycles. The zero-order chi connectivity index (χ0) is 14.6. The molecular formula is C14H16N2O3S. The van der Waals surface area contributed by atoms with Gasteiger partial charge in [-0.1, -0.05) is 42.5 Å². The third kappa shape index (κ3) is 3.16. The van der Waals surface area contributed by atoms with Crippen LogP contribution in [0.25, 0.3) is 0 Å². The first kappa shape index (κ1) is 14.5. The van der Waals surface area contributed by atoms with Crippen molar-refractivity contribution >= 4 is 15.7 Å². The van der Waals surface area contributed by atoms with Crippen molar-refractivity contribution in [1.29, 1.82) is 0 Å². The molecule has 5 nitrogen and oxygen atoms in total. The summed E-state index contributed by atoms with van der Waals surface area (Å²) in [5, 5.41) is 9.40. The SMILES string of the molecule is Nc1ccccc1S(=O)(=O)N[C@@H](CO)c1ccccc1. The van der Waals surface area contributed by atoms with Crippen LogP contribution < -0.4 is 10.5 Å². The van der Waals surface area contributed by atoms with E-state index >= 15 is 0 Å². The number of sulfonamides is 1. The van der Waals surface area contributed by atoms with Crippen molar-refractivity contribution in [1.82, 2.24) is 4.72 Å². The lowest BCUT2D eigenvalue weighted by molar-refractivity contribution is 0.259. The highest BCUT2D eigenvalue weighted by Gasteiger charge is 2.22. The van der Waals surface area contributed by atoms with E-state index in [2.05, 4.69) is 4.72 Å². The van der Waals surface area contributed by atoms with E-state index in [0.717, 1.165) is 0 Å². The van der Waals surface area contributed by atoms with Crippen molar-refractivity contribution in [3.8, 4) is 0 Å². The van der Waals surface area contributed by atoms with Crippen molar-refractivity contribution in [2.24, 2.45) is 0 Å². The van der Waals surface area contributed by atoms with Crippen LogP contribution in [0.4, 0.5) is 5.69 Å². The number of nitrogens with one attached hydrogen (secondary N) is 1. The van der Waals surface area contributed by atoms with Gasteiger partial charge in [-0.3, -0.25) is 0 Å². The molecule has 0 bridgehead atoms. The molecule has 0 spiro atoms. The molecule has 0 unspecified atom stereocenters. The minimum atomic E-state index is -3.79. The van der Waals surface area contributed by atoms with Gasteiger partial charge in [-0.25, -0.2) is 13.1 Å². The summed E-state index contributed by atoms with van der Waals surface area (Å²) in [6, 6.07) is 14.4. The fourth-order valence-electron chi connectivity index (χ4n) is 1.87. The number of anilines is 1. The molecule has 0 fully saturated rings. The molecule has 4 N–H and O–H groups in total. The Hall–Kier alpha value is -1.89. The maximum absolute atomic E-state index is 12.3. The largest absolute Gasteiger partial charge is 0.398 e. The van der Waals surface area contributed by atoms with Gasteiger partial charge in [0.2, 0.25) is 10.0 Å². The van der Waals surface area contributed by atoms with Crippen LogP contribution in [-0.4, -0.2) is 20.1 Å². The summed E-state index contributed by atoms with van der Waals surface area (Å²) in [5.41, 5.74) is 6.54. The van der Waals surface area contributed by atoms with Crippen LogP contribution in [0.5, 0.6) is 0 Å². The molecule has 2 aromatic rings. The Balaban J connectivity index is 2.30. The fourth-order valence-corrected chi connectivity index (χ4v) is 3.22. The molecule has 0 aliphatic heterocycles. The van der Waals surface area contributed by atoms with Gasteiger partial charge in [0.05, 0.1) is 18.3 Å². The van der Waals surface area contributed by atoms with E-state index in [1.165, 1.54) is 12.1 Å². The van der Waals surface area contributed by atoms with Crippen LogP contribution in [0.2, 0.25) is 0 Å². The highest BCUT2D eigenvalue weighted by molar-refractivity contribution is 7.89. The van der Waals surface area contributed by atoms with E-state index in [9.17, 15) is 13.5 Å². The third-order valence-corrected chi connectivity index (χ3v) is 4.44. The van der Waals surface area contributed by atoms with Crippen molar-refractivity contribution < 1.29 is 13.5 Å². The summed E-state index contributed by atoms with van der Waals surface area (Å²) in [6.07, 6.45) is 0. The van der Waals surface area contributed by atoms with Crippen LogP contribution >= 0.6 is 0 Å². The van der Waals surface area contributed by atoms with Gasteiger partial charge in [0, 0.05) is 0 Å². The molecule has 0 aromatic heterocycles. The summed E-state index contributed by atoms with van der Waals surface area (Å²) >= 11 is 0. The Morgan fingerprint density at radius 3 is 2.25 bits per heavy atom. The van der Waals surface area contributed by atoms with Gasteiger partial charge in [0.15, 0.2) is 0 Å². The Morgan fingerprint density at radius 1 is 1.05 bits per heavy atom. The smallest absolute Gasteiger partial charge is 0.243 e. The zero-order valence-corrected chi connectivity index (χ0v) is 11.5. The van der Waals surface area contributed by atoms with Gasteiger partial charge in [-0.2, -0.15) is 0 Å². The molecule has 2 aromatic carbocycles. The van der Waals surface area contributed by atoms with E-state index < -0.39 is 16.1 Å². The number of nitrogen functional groups attached to an aromatic ring is 1. The molecule has 0 amide bonds. The first-order chi connectivity index (χ1) is 9.54. The van der Waals surface area contributed by atoms with Gasteiger partial charge in [-0.15, -0.1) is 0 Å². The number of hydrogen-bond donors (Lipinski definition) is 3. The minimum Gasteiger partial charge on any atom is -0.398 e. The van der Waals surface area contributed by atoms with Crippen LogP contribution in [0, 0.1) is 0 Å². The summed E-state index contributed by atoms with van der Waals surface area (Å²) in [4.78, 5) is 0.00869. The predicted molar refractivity (Wildman–Crippen MR) is 77.4 cm³/mol. The number of hydrogen-bond acceptors (Lipinski definition) is 4. The molecule has 1 atom stereocenters. The van der Waals surface area contributed by atoms with E-state index in [-0.39, 0.29) is 17.2 Å². The number of aliphatic hydroxyl groups is 1. The molecule has 20 heavy (non-hydrogen) atoms. The molecule has 6 heteroatoms. The van der Waals surface area contributed by atoms with Crippen LogP contribution in [0.15, 0.2) is 59.5 Å². The predicted octanol–water partition coefficient (Wildman–Crippen LogP) is 1.28. The average Bonchev–Trinajstić information content (AvgIpc) is 2.46. The molecule has 0 heterocycles. The number of rotatable bonds is 5. The normalized spacial score (nSPS) is 13.1. The molecule has 0 radical (unpaired) electrons. The first-order valence-corrected chi connectivity index (χ1v) is 7.55. The minimum absolute atomic E-state index is 0.00869. The third-order valence-electron chi connectivity index (χ3n) is 2.89. The first-order valence-electron chi connectivity index (χ1n) is 6.07. The molecule has 0 saturated carbocycles. The lowest BCUT2D eigenvalue weighted by atomic mass is 10.1. The number of aliphatic hydroxyl groups excluding tert-OH is 1. The van der Waals surface area contributed by atoms with Crippen molar-refractivity contribution in [3.63, 3.8) is 0 Å². The molecule has 106 valence electrons. The Morgan fingerprint density at radius 2 is 1.65 bits per heavy atom. The van der Waals surface area contributed by atoms with Crippen LogP contribution in [0.1, 0.15) is 11.6 Å². The Labute approximate surface area is 118 Å². The van der Waals surface area contributed by atoms with Crippen LogP contribution in [-0.2, 0) is 10.0 Å². The highest BCUT2D eigenvalue weighted by atomic mass is 32.2. The van der Waals surface area contributed by atoms with Gasteiger partial charge in [0.1, 0.15) is 4.90 Å². The summed E-state index contributed by atoms with van der Waals surface area (Å²) < 4.78 is 27.0. The summed E-state index contributed by atoms with van der Waals surface area (Å²) in [6.45, 7) is -0.337. The quantitative estimate of drug-likeness (QED) is 0.724. The fraction of sp³-hybridized carbons (Fsp3) is 0.143. The molecule has 0 aliphatic carbocycles. The average molecular weight is 292 g/mol. The second kappa shape index (κ2) is 6.04. The van der Waals surface area contributed by atoms with E-state index in [4.69, 9.17) is 5.73 Å². The molecule has 2 rings (SSSR count). The zero-order valence-electron chi connectivity index (χ0n) is 10.7. The lowest BCUT2D eigenvalue weighted by Crippen LogP contribution is -2.31. The Bertz CT molecular complexity index is 672. The molecule has 0 aliphatic rings. The lowest BCUT2D eigenvalue weighted by Gasteiger charge is -2.17. The second-order valence-corrected chi connectivity index (χ2v) is 5.99. The van der Waals surface area contributed by atoms with Gasteiger partial charge in [-0.05, 0) is 17.7 Å². The maximum Gasteiger partial charge on any atom is 0.243 e. The number of benzene rings is 2. The number of para-hydroxylation sites is 1.